The van der Waals surface area contributed by atoms with Gasteiger partial charge in [-0.1, -0.05) is 35.3 Å². The molecule has 0 unspecified atom stereocenters. The zero-order chi connectivity index (χ0) is 19.9. The zero-order valence-electron chi connectivity index (χ0n) is 15.4. The van der Waals surface area contributed by atoms with Crippen molar-refractivity contribution < 1.29 is 13.9 Å². The molecule has 1 N–H and O–H groups in total. The fourth-order valence-corrected chi connectivity index (χ4v) is 3.11. The summed E-state index contributed by atoms with van der Waals surface area (Å²) in [7, 11) is 0. The number of hydrogen-bond donors (Lipinski definition) is 1. The normalized spacial score (nSPS) is 10.7. The van der Waals surface area contributed by atoms with Crippen molar-refractivity contribution in [2.45, 2.75) is 19.8 Å². The van der Waals surface area contributed by atoms with Crippen LogP contribution < -0.4 is 10.1 Å². The highest BCUT2D eigenvalue weighted by Gasteiger charge is 2.11. The summed E-state index contributed by atoms with van der Waals surface area (Å²) < 4.78 is 11.3. The molecule has 0 bridgehead atoms. The Balaban J connectivity index is 1.42. The van der Waals surface area contributed by atoms with Crippen LogP contribution in [0.5, 0.6) is 5.75 Å². The van der Waals surface area contributed by atoms with Crippen LogP contribution in [0.15, 0.2) is 53.1 Å². The van der Waals surface area contributed by atoms with E-state index >= 15 is 0 Å². The van der Waals surface area contributed by atoms with Crippen molar-refractivity contribution in [1.82, 2.24) is 10.3 Å². The van der Waals surface area contributed by atoms with Gasteiger partial charge in [0.05, 0.1) is 17.8 Å². The van der Waals surface area contributed by atoms with E-state index in [1.165, 1.54) is 0 Å². The van der Waals surface area contributed by atoms with Crippen molar-refractivity contribution in [1.29, 1.82) is 0 Å². The number of nitrogens with zero attached hydrogens (tertiary/aromatic N) is 1. The molecule has 0 aliphatic carbocycles. The maximum Gasteiger partial charge on any atom is 0.220 e. The van der Waals surface area contributed by atoms with Gasteiger partial charge in [-0.05, 0) is 42.8 Å². The highest BCUT2D eigenvalue weighted by molar-refractivity contribution is 6.36. The second-order valence-corrected chi connectivity index (χ2v) is 7.10. The summed E-state index contributed by atoms with van der Waals surface area (Å²) in [6.07, 6.45) is 2.27. The van der Waals surface area contributed by atoms with Gasteiger partial charge < -0.3 is 14.5 Å². The molecule has 1 aromatic heterocycles. The number of benzene rings is 2. The van der Waals surface area contributed by atoms with Crippen LogP contribution in [-0.2, 0) is 11.2 Å². The minimum Gasteiger partial charge on any atom is -0.492 e. The van der Waals surface area contributed by atoms with E-state index in [4.69, 9.17) is 32.4 Å². The molecule has 3 aromatic rings. The summed E-state index contributed by atoms with van der Waals surface area (Å²) in [4.78, 5) is 16.2. The van der Waals surface area contributed by atoms with E-state index in [-0.39, 0.29) is 12.3 Å². The largest absolute Gasteiger partial charge is 0.492 e. The molecule has 5 nitrogen and oxygen atoms in total. The van der Waals surface area contributed by atoms with Crippen LogP contribution >= 0.6 is 23.2 Å². The van der Waals surface area contributed by atoms with Crippen molar-refractivity contribution in [2.75, 3.05) is 13.2 Å². The van der Waals surface area contributed by atoms with E-state index in [9.17, 15) is 4.79 Å². The SMILES string of the molecule is Cc1cccc(OCCNC(=O)CCc2ncc(-c3ccc(Cl)cc3Cl)o2)c1. The van der Waals surface area contributed by atoms with E-state index in [1.54, 1.807) is 24.4 Å². The summed E-state index contributed by atoms with van der Waals surface area (Å²) in [5.74, 6) is 1.73. The molecule has 3 rings (SSSR count). The number of nitrogens with one attached hydrogen (secondary N) is 1. The van der Waals surface area contributed by atoms with Crippen LogP contribution in [0.2, 0.25) is 10.0 Å². The molecule has 0 atom stereocenters. The molecule has 2 aromatic carbocycles. The number of rotatable bonds is 8. The van der Waals surface area contributed by atoms with Crippen LogP contribution in [0.3, 0.4) is 0 Å². The molecule has 0 fully saturated rings. The smallest absolute Gasteiger partial charge is 0.220 e. The Kier molecular flexibility index (Phi) is 6.95. The Hall–Kier alpha value is -2.50. The van der Waals surface area contributed by atoms with Gasteiger partial charge in [0, 0.05) is 23.4 Å². The molecular weight excluding hydrogens is 399 g/mol. The zero-order valence-corrected chi connectivity index (χ0v) is 16.9. The van der Waals surface area contributed by atoms with Crippen LogP contribution in [0.1, 0.15) is 17.9 Å². The first-order valence-corrected chi connectivity index (χ1v) is 9.63. The van der Waals surface area contributed by atoms with Gasteiger partial charge in [-0.3, -0.25) is 4.79 Å². The average Bonchev–Trinajstić information content (AvgIpc) is 3.12. The third-order valence-electron chi connectivity index (χ3n) is 4.00. The summed E-state index contributed by atoms with van der Waals surface area (Å²) in [6.45, 7) is 2.85. The van der Waals surface area contributed by atoms with E-state index in [0.717, 1.165) is 11.3 Å². The average molecular weight is 419 g/mol. The molecule has 7 heteroatoms. The molecule has 28 heavy (non-hydrogen) atoms. The highest BCUT2D eigenvalue weighted by atomic mass is 35.5. The maximum absolute atomic E-state index is 12.0. The van der Waals surface area contributed by atoms with Crippen molar-refractivity contribution >= 4 is 29.1 Å². The fourth-order valence-electron chi connectivity index (χ4n) is 2.61. The lowest BCUT2D eigenvalue weighted by Crippen LogP contribution is -2.28. The number of ether oxygens (including phenoxy) is 1. The predicted molar refractivity (Wildman–Crippen MR) is 110 cm³/mol. The summed E-state index contributed by atoms with van der Waals surface area (Å²) >= 11 is 12.1. The lowest BCUT2D eigenvalue weighted by Gasteiger charge is -2.08. The monoisotopic (exact) mass is 418 g/mol. The van der Waals surface area contributed by atoms with Gasteiger partial charge in [-0.2, -0.15) is 0 Å². The number of carbonyl (C=O) groups excluding carboxylic acids is 1. The number of oxazole rings is 1. The number of aromatic nitrogens is 1. The van der Waals surface area contributed by atoms with Gasteiger partial charge in [0.2, 0.25) is 5.91 Å². The lowest BCUT2D eigenvalue weighted by molar-refractivity contribution is -0.121. The van der Waals surface area contributed by atoms with Crippen LogP contribution in [-0.4, -0.2) is 24.0 Å². The number of carbonyl (C=O) groups is 1. The second-order valence-electron chi connectivity index (χ2n) is 6.26. The molecule has 0 spiro atoms. The molecule has 1 heterocycles. The molecule has 0 saturated heterocycles. The number of halogens is 2. The third-order valence-corrected chi connectivity index (χ3v) is 4.55. The molecular formula is C21H20Cl2N2O3. The Bertz CT molecular complexity index is 956. The van der Waals surface area contributed by atoms with E-state index in [1.807, 2.05) is 31.2 Å². The quantitative estimate of drug-likeness (QED) is 0.517. The molecule has 0 saturated carbocycles. The minimum absolute atomic E-state index is 0.0860. The van der Waals surface area contributed by atoms with Crippen molar-refractivity contribution in [3.63, 3.8) is 0 Å². The summed E-state index contributed by atoms with van der Waals surface area (Å²) in [5.41, 5.74) is 1.84. The number of amides is 1. The molecule has 0 aliphatic rings. The first kappa shape index (κ1) is 20.2. The Morgan fingerprint density at radius 2 is 2.07 bits per heavy atom. The highest BCUT2D eigenvalue weighted by Crippen LogP contribution is 2.30. The van der Waals surface area contributed by atoms with Gasteiger partial charge >= 0.3 is 0 Å². The Labute approximate surface area is 173 Å². The Morgan fingerprint density at radius 1 is 1.21 bits per heavy atom. The van der Waals surface area contributed by atoms with Crippen LogP contribution in [0, 0.1) is 6.92 Å². The first-order valence-electron chi connectivity index (χ1n) is 8.87. The van der Waals surface area contributed by atoms with E-state index in [2.05, 4.69) is 10.3 Å². The summed E-state index contributed by atoms with van der Waals surface area (Å²) in [5, 5.41) is 3.86. The van der Waals surface area contributed by atoms with Gasteiger partial charge in [-0.25, -0.2) is 4.98 Å². The van der Waals surface area contributed by atoms with Crippen molar-refractivity contribution in [2.24, 2.45) is 0 Å². The minimum atomic E-state index is -0.0860. The number of hydrogen-bond acceptors (Lipinski definition) is 4. The maximum atomic E-state index is 12.0. The van der Waals surface area contributed by atoms with E-state index < -0.39 is 0 Å². The molecule has 0 aliphatic heterocycles. The third kappa shape index (κ3) is 5.75. The van der Waals surface area contributed by atoms with Gasteiger partial charge in [-0.15, -0.1) is 0 Å². The van der Waals surface area contributed by atoms with Crippen molar-refractivity contribution in [3.05, 3.63) is 70.2 Å². The predicted octanol–water partition coefficient (Wildman–Crippen LogP) is 5.08. The fraction of sp³-hybridized carbons (Fsp3) is 0.238. The van der Waals surface area contributed by atoms with Crippen LogP contribution in [0.25, 0.3) is 11.3 Å². The van der Waals surface area contributed by atoms with Gasteiger partial charge in [0.15, 0.2) is 11.7 Å². The summed E-state index contributed by atoms with van der Waals surface area (Å²) in [6, 6.07) is 12.9. The molecule has 0 radical (unpaired) electrons. The lowest BCUT2D eigenvalue weighted by atomic mass is 10.2. The van der Waals surface area contributed by atoms with Gasteiger partial charge in [0.1, 0.15) is 12.4 Å². The molecule has 1 amide bonds. The first-order chi connectivity index (χ1) is 13.5. The number of aryl methyl sites for hydroxylation is 2. The van der Waals surface area contributed by atoms with Crippen LogP contribution in [0.4, 0.5) is 0 Å². The second kappa shape index (κ2) is 9.62. The standard InChI is InChI=1S/C21H20Cl2N2O3/c1-14-3-2-4-16(11-14)27-10-9-24-20(26)7-8-21-25-13-19(28-21)17-6-5-15(22)12-18(17)23/h2-6,11-13H,7-10H2,1H3,(H,24,26). The topological polar surface area (TPSA) is 64.4 Å². The van der Waals surface area contributed by atoms with Crippen molar-refractivity contribution in [3.8, 4) is 17.1 Å². The Morgan fingerprint density at radius 3 is 2.86 bits per heavy atom. The molecule has 146 valence electrons. The van der Waals surface area contributed by atoms with E-state index in [0.29, 0.717) is 46.8 Å². The van der Waals surface area contributed by atoms with Gasteiger partial charge in [0.25, 0.3) is 0 Å².